The van der Waals surface area contributed by atoms with Crippen LogP contribution in [-0.4, -0.2) is 35.1 Å². The Labute approximate surface area is 111 Å². The summed E-state index contributed by atoms with van der Waals surface area (Å²) in [6.45, 7) is 4.43. The monoisotopic (exact) mass is 266 g/mol. The van der Waals surface area contributed by atoms with E-state index in [0.717, 1.165) is 5.76 Å². The van der Waals surface area contributed by atoms with Crippen LogP contribution < -0.4 is 5.32 Å². The molecule has 1 saturated heterocycles. The molecule has 0 bridgehead atoms. The molecule has 0 aliphatic carbocycles. The average molecular weight is 266 g/mol. The first-order valence-corrected chi connectivity index (χ1v) is 6.32. The third kappa shape index (κ3) is 3.07. The number of hydrogen-bond acceptors (Lipinski definition) is 3. The molecular formula is C13H18N2O4. The van der Waals surface area contributed by atoms with Crippen LogP contribution in [0.3, 0.4) is 0 Å². The minimum atomic E-state index is -0.843. The maximum Gasteiger partial charge on any atom is 0.318 e. The van der Waals surface area contributed by atoms with Crippen LogP contribution in [0.15, 0.2) is 16.5 Å². The van der Waals surface area contributed by atoms with Gasteiger partial charge in [0.1, 0.15) is 11.5 Å². The quantitative estimate of drug-likeness (QED) is 0.873. The van der Waals surface area contributed by atoms with E-state index >= 15 is 0 Å². The van der Waals surface area contributed by atoms with E-state index in [-0.39, 0.29) is 18.6 Å². The van der Waals surface area contributed by atoms with E-state index in [1.165, 1.54) is 4.90 Å². The van der Waals surface area contributed by atoms with Gasteiger partial charge >= 0.3 is 12.0 Å². The number of aliphatic carboxylic acids is 1. The number of urea groups is 1. The number of furan rings is 1. The van der Waals surface area contributed by atoms with Gasteiger partial charge in [0.2, 0.25) is 0 Å². The van der Waals surface area contributed by atoms with Crippen LogP contribution in [0.25, 0.3) is 0 Å². The van der Waals surface area contributed by atoms with E-state index in [0.29, 0.717) is 18.7 Å². The highest BCUT2D eigenvalue weighted by molar-refractivity contribution is 5.77. The Bertz CT molecular complexity index is 483. The molecule has 1 aromatic rings. The van der Waals surface area contributed by atoms with E-state index in [2.05, 4.69) is 5.32 Å². The lowest BCUT2D eigenvalue weighted by atomic mass is 10.1. The predicted molar refractivity (Wildman–Crippen MR) is 67.7 cm³/mol. The van der Waals surface area contributed by atoms with Crippen molar-refractivity contribution in [2.45, 2.75) is 26.3 Å². The van der Waals surface area contributed by atoms with Gasteiger partial charge in [0.15, 0.2) is 0 Å². The van der Waals surface area contributed by atoms with Gasteiger partial charge in [-0.2, -0.15) is 0 Å². The molecule has 6 nitrogen and oxygen atoms in total. The van der Waals surface area contributed by atoms with Crippen LogP contribution >= 0.6 is 0 Å². The molecular weight excluding hydrogens is 248 g/mol. The lowest BCUT2D eigenvalue weighted by Crippen LogP contribution is -2.40. The molecule has 2 heterocycles. The molecule has 1 aliphatic rings. The summed E-state index contributed by atoms with van der Waals surface area (Å²) in [5.41, 5.74) is 0. The smallest absolute Gasteiger partial charge is 0.318 e. The minimum absolute atomic E-state index is 0.231. The first-order chi connectivity index (χ1) is 8.97. The zero-order valence-electron chi connectivity index (χ0n) is 11.0. The number of nitrogens with zero attached hydrogens (tertiary/aromatic N) is 1. The number of likely N-dealkylation sites (tertiary alicyclic amines) is 1. The molecule has 1 aromatic heterocycles. The highest BCUT2D eigenvalue weighted by Crippen LogP contribution is 2.19. The third-order valence-corrected chi connectivity index (χ3v) is 3.35. The standard InChI is InChI=1S/C13H18N2O4/c1-8-3-4-11(19-8)9(2)14-13(18)15-6-5-10(7-15)12(16)17/h3-4,9-10H,5-7H2,1-2H3,(H,14,18)(H,16,17). The van der Waals surface area contributed by atoms with Gasteiger partial charge in [-0.05, 0) is 32.4 Å². The van der Waals surface area contributed by atoms with Crippen LogP contribution in [0.1, 0.15) is 30.9 Å². The van der Waals surface area contributed by atoms with Crippen molar-refractivity contribution >= 4 is 12.0 Å². The highest BCUT2D eigenvalue weighted by Gasteiger charge is 2.31. The highest BCUT2D eigenvalue weighted by atomic mass is 16.4. The Kier molecular flexibility index (Phi) is 3.78. The van der Waals surface area contributed by atoms with Crippen molar-refractivity contribution in [1.29, 1.82) is 0 Å². The Morgan fingerprint density at radius 2 is 2.26 bits per heavy atom. The Morgan fingerprint density at radius 1 is 1.53 bits per heavy atom. The zero-order valence-corrected chi connectivity index (χ0v) is 11.0. The normalized spacial score (nSPS) is 20.3. The van der Waals surface area contributed by atoms with Crippen molar-refractivity contribution in [3.63, 3.8) is 0 Å². The molecule has 1 fully saturated rings. The number of amides is 2. The summed E-state index contributed by atoms with van der Waals surface area (Å²) in [5.74, 6) is 0.194. The van der Waals surface area contributed by atoms with Crippen LogP contribution in [-0.2, 0) is 4.79 Å². The molecule has 2 atom stereocenters. The predicted octanol–water partition coefficient (Wildman–Crippen LogP) is 1.77. The fourth-order valence-electron chi connectivity index (χ4n) is 2.18. The second-order valence-electron chi connectivity index (χ2n) is 4.89. The second kappa shape index (κ2) is 5.34. The van der Waals surface area contributed by atoms with Crippen molar-refractivity contribution in [3.8, 4) is 0 Å². The molecule has 2 amide bonds. The summed E-state index contributed by atoms with van der Waals surface area (Å²) < 4.78 is 5.44. The van der Waals surface area contributed by atoms with E-state index in [1.54, 1.807) is 0 Å². The molecule has 0 saturated carbocycles. The van der Waals surface area contributed by atoms with E-state index in [9.17, 15) is 9.59 Å². The maximum atomic E-state index is 12.0. The van der Waals surface area contributed by atoms with Gasteiger partial charge in [-0.1, -0.05) is 0 Å². The number of rotatable bonds is 3. The summed E-state index contributed by atoms with van der Waals surface area (Å²) in [5, 5.41) is 11.7. The van der Waals surface area contributed by atoms with Crippen molar-refractivity contribution in [2.75, 3.05) is 13.1 Å². The average Bonchev–Trinajstić information content (AvgIpc) is 2.96. The Balaban J connectivity index is 1.89. The van der Waals surface area contributed by atoms with Crippen molar-refractivity contribution in [2.24, 2.45) is 5.92 Å². The first-order valence-electron chi connectivity index (χ1n) is 6.32. The van der Waals surface area contributed by atoms with Gasteiger partial charge in [0.05, 0.1) is 12.0 Å². The lowest BCUT2D eigenvalue weighted by Gasteiger charge is -2.19. The summed E-state index contributed by atoms with van der Waals surface area (Å²) in [6.07, 6.45) is 0.511. The zero-order chi connectivity index (χ0) is 14.0. The molecule has 104 valence electrons. The molecule has 0 spiro atoms. The van der Waals surface area contributed by atoms with Crippen LogP contribution in [0, 0.1) is 12.8 Å². The maximum absolute atomic E-state index is 12.0. The number of carboxylic acids is 1. The summed E-state index contributed by atoms with van der Waals surface area (Å²) in [7, 11) is 0. The fraction of sp³-hybridized carbons (Fsp3) is 0.538. The summed E-state index contributed by atoms with van der Waals surface area (Å²) >= 11 is 0. The molecule has 0 aromatic carbocycles. The van der Waals surface area contributed by atoms with Crippen molar-refractivity contribution in [3.05, 3.63) is 23.7 Å². The Hall–Kier alpha value is -1.98. The number of carbonyl (C=O) groups excluding carboxylic acids is 1. The van der Waals surface area contributed by atoms with Crippen molar-refractivity contribution in [1.82, 2.24) is 10.2 Å². The largest absolute Gasteiger partial charge is 0.481 e. The summed E-state index contributed by atoms with van der Waals surface area (Å²) in [6, 6.07) is 3.19. The third-order valence-electron chi connectivity index (χ3n) is 3.35. The molecule has 2 N–H and O–H groups in total. The number of hydrogen-bond donors (Lipinski definition) is 2. The fourth-order valence-corrected chi connectivity index (χ4v) is 2.18. The van der Waals surface area contributed by atoms with Crippen LogP contribution in [0.5, 0.6) is 0 Å². The molecule has 1 aliphatic heterocycles. The van der Waals surface area contributed by atoms with E-state index < -0.39 is 11.9 Å². The molecule has 0 radical (unpaired) electrons. The number of carbonyl (C=O) groups is 2. The number of aryl methyl sites for hydroxylation is 1. The molecule has 19 heavy (non-hydrogen) atoms. The lowest BCUT2D eigenvalue weighted by molar-refractivity contribution is -0.141. The SMILES string of the molecule is Cc1ccc(C(C)NC(=O)N2CCC(C(=O)O)C2)o1. The molecule has 2 rings (SSSR count). The van der Waals surface area contributed by atoms with Gasteiger partial charge in [0, 0.05) is 13.1 Å². The molecule has 2 unspecified atom stereocenters. The van der Waals surface area contributed by atoms with Gasteiger partial charge in [-0.25, -0.2) is 4.79 Å². The number of carboxylic acid groups (broad SMARTS) is 1. The molecule has 6 heteroatoms. The van der Waals surface area contributed by atoms with Gasteiger partial charge in [-0.15, -0.1) is 0 Å². The Morgan fingerprint density at radius 3 is 2.79 bits per heavy atom. The minimum Gasteiger partial charge on any atom is -0.481 e. The summed E-state index contributed by atoms with van der Waals surface area (Å²) in [4.78, 5) is 24.4. The van der Waals surface area contributed by atoms with Gasteiger partial charge < -0.3 is 19.7 Å². The van der Waals surface area contributed by atoms with Gasteiger partial charge in [0.25, 0.3) is 0 Å². The van der Waals surface area contributed by atoms with Gasteiger partial charge in [-0.3, -0.25) is 4.79 Å². The number of nitrogens with one attached hydrogen (secondary N) is 1. The topological polar surface area (TPSA) is 82.8 Å². The van der Waals surface area contributed by atoms with Crippen LogP contribution in [0.2, 0.25) is 0 Å². The van der Waals surface area contributed by atoms with E-state index in [4.69, 9.17) is 9.52 Å². The van der Waals surface area contributed by atoms with Crippen LogP contribution in [0.4, 0.5) is 4.79 Å². The first kappa shape index (κ1) is 13.5. The van der Waals surface area contributed by atoms with Crippen molar-refractivity contribution < 1.29 is 19.1 Å². The van der Waals surface area contributed by atoms with E-state index in [1.807, 2.05) is 26.0 Å². The second-order valence-corrected chi connectivity index (χ2v) is 4.89.